The molecule has 0 aromatic carbocycles. The number of aliphatic hydroxyl groups is 1. The first-order chi connectivity index (χ1) is 40.1. The predicted molar refractivity (Wildman–Crippen MR) is 330 cm³/mol. The van der Waals surface area contributed by atoms with E-state index in [9.17, 15) is 58.2 Å². The zero-order valence-corrected chi connectivity index (χ0v) is 56.4. The van der Waals surface area contributed by atoms with E-state index in [-0.39, 0.29) is 62.2 Å². The van der Waals surface area contributed by atoms with Crippen molar-refractivity contribution in [3.63, 3.8) is 0 Å². The number of likely N-dealkylation sites (N-methyl/N-ethyl adjacent to an activating group) is 7. The number of carboxylic acids is 1. The summed E-state index contributed by atoms with van der Waals surface area (Å²) in [5, 5.41) is 32.3. The molecule has 25 nitrogen and oxygen atoms in total. The lowest BCUT2D eigenvalue weighted by molar-refractivity contribution is -0.157. The lowest BCUT2D eigenvalue weighted by Gasteiger charge is -2.41. The molecule has 0 unspecified atom stereocenters. The van der Waals surface area contributed by atoms with Crippen molar-refractivity contribution in [2.75, 3.05) is 55.9 Å². The van der Waals surface area contributed by atoms with Gasteiger partial charge in [0.05, 0.1) is 12.6 Å². The van der Waals surface area contributed by atoms with Crippen LogP contribution in [0.25, 0.3) is 0 Å². The third kappa shape index (κ3) is 22.5. The van der Waals surface area contributed by atoms with Crippen molar-refractivity contribution >= 4 is 70.9 Å². The van der Waals surface area contributed by atoms with Gasteiger partial charge in [-0.2, -0.15) is 0 Å². The second kappa shape index (κ2) is 35.4. The molecular weight excluding hydrogens is 1120 g/mol. The van der Waals surface area contributed by atoms with Crippen LogP contribution < -0.4 is 21.3 Å². The molecule has 0 spiro atoms. The van der Waals surface area contributed by atoms with E-state index in [0.717, 1.165) is 15.9 Å². The number of hydrogen-bond acceptors (Lipinski definition) is 13. The second-order valence-corrected chi connectivity index (χ2v) is 26.3. The fourth-order valence-electron chi connectivity index (χ4n) is 10.7. The Labute approximate surface area is 517 Å². The minimum Gasteiger partial charge on any atom is -0.478 e. The molecule has 6 N–H and O–H groups in total. The summed E-state index contributed by atoms with van der Waals surface area (Å²) in [4.78, 5) is 180. The predicted octanol–water partition coefficient (Wildman–Crippen LogP) is 2.33. The summed E-state index contributed by atoms with van der Waals surface area (Å²) < 4.78 is 0. The largest absolute Gasteiger partial charge is 0.478 e. The molecule has 496 valence electrons. The third-order valence-electron chi connectivity index (χ3n) is 16.1. The van der Waals surface area contributed by atoms with Crippen molar-refractivity contribution in [2.24, 2.45) is 41.4 Å². The summed E-state index contributed by atoms with van der Waals surface area (Å²) in [6, 6.07) is -12.9. The van der Waals surface area contributed by atoms with E-state index >= 15 is 9.59 Å². The standard InChI is InChI=1S/C62H109N11O14/c1-24-42-58(83)67(17)32-47(74)68(18)43(28-33(2)3)55(80)66-49(37(10)11)61(86)69(19)44(29-34(4)5)54(79)63-40(15)53(78)64-41(16)57(82)70(20)45(30-35(6)7)59(84)71(21)46(31-36(8)9)60(85)72(22)50(38(12)13)62(87)73(23)51(56(81)65-42)52(77)39(14)26-25-27-48(75)76/h25,27,33-46,49-52,77H,24,26,28-32H2,1-23H3,(H,63,79)(H,64,78)(H,65,81)(H,66,80)(H,75,76)/b27-25+/t39-,40+,41-,42+,43+,44+,45+,46+,49+,50-,51+,52-/m1/s1. The Kier molecular flexibility index (Phi) is 31.8. The molecule has 0 aromatic rings. The summed E-state index contributed by atoms with van der Waals surface area (Å²) in [6.45, 7) is 26.9. The van der Waals surface area contributed by atoms with Crippen molar-refractivity contribution < 1.29 is 67.7 Å². The number of carbonyl (C=O) groups excluding carboxylic acids is 11. The average Bonchev–Trinajstić information content (AvgIpc) is 1.19. The smallest absolute Gasteiger partial charge is 0.327 e. The first-order valence-corrected chi connectivity index (χ1v) is 30.7. The van der Waals surface area contributed by atoms with Crippen molar-refractivity contribution in [2.45, 2.75) is 216 Å². The van der Waals surface area contributed by atoms with Crippen LogP contribution in [0.4, 0.5) is 0 Å². The monoisotopic (exact) mass is 1230 g/mol. The van der Waals surface area contributed by atoms with Crippen molar-refractivity contribution in [1.29, 1.82) is 0 Å². The molecule has 12 atom stereocenters. The summed E-state index contributed by atoms with van der Waals surface area (Å²) in [7, 11) is 9.63. The highest BCUT2D eigenvalue weighted by molar-refractivity contribution is 5.99. The van der Waals surface area contributed by atoms with Gasteiger partial charge in [-0.25, -0.2) is 4.79 Å². The van der Waals surface area contributed by atoms with E-state index in [1.165, 1.54) is 101 Å². The molecule has 0 radical (unpaired) electrons. The van der Waals surface area contributed by atoms with Crippen LogP contribution in [0.2, 0.25) is 0 Å². The minimum absolute atomic E-state index is 0.0438. The van der Waals surface area contributed by atoms with Gasteiger partial charge in [0.25, 0.3) is 0 Å². The molecule has 0 aromatic heterocycles. The Balaban J connectivity index is 4.35. The fourth-order valence-corrected chi connectivity index (χ4v) is 10.7. The van der Waals surface area contributed by atoms with Crippen LogP contribution in [-0.4, -0.2) is 238 Å². The van der Waals surface area contributed by atoms with Gasteiger partial charge >= 0.3 is 5.97 Å². The fraction of sp³-hybridized carbons (Fsp3) is 0.774. The van der Waals surface area contributed by atoms with Crippen LogP contribution >= 0.6 is 0 Å². The van der Waals surface area contributed by atoms with E-state index in [1.54, 1.807) is 34.6 Å². The number of aliphatic hydroxyl groups excluding tert-OH is 1. The van der Waals surface area contributed by atoms with Gasteiger partial charge in [-0.3, -0.25) is 52.7 Å². The number of aliphatic carboxylic acids is 1. The summed E-state index contributed by atoms with van der Waals surface area (Å²) >= 11 is 0. The molecule has 1 fully saturated rings. The van der Waals surface area contributed by atoms with E-state index < -0.39 is 162 Å². The maximum Gasteiger partial charge on any atom is 0.327 e. The number of nitrogens with one attached hydrogen (secondary N) is 4. The first-order valence-electron chi connectivity index (χ1n) is 30.7. The molecule has 87 heavy (non-hydrogen) atoms. The molecule has 0 saturated carbocycles. The van der Waals surface area contributed by atoms with E-state index in [1.807, 2.05) is 55.4 Å². The number of allylic oxidation sites excluding steroid dienone is 1. The van der Waals surface area contributed by atoms with Crippen molar-refractivity contribution in [3.05, 3.63) is 12.2 Å². The highest BCUT2D eigenvalue weighted by atomic mass is 16.4. The lowest BCUT2D eigenvalue weighted by atomic mass is 9.91. The van der Waals surface area contributed by atoms with Crippen LogP contribution in [0.3, 0.4) is 0 Å². The third-order valence-corrected chi connectivity index (χ3v) is 16.1. The summed E-state index contributed by atoms with van der Waals surface area (Å²) in [5.41, 5.74) is 0. The van der Waals surface area contributed by atoms with E-state index in [2.05, 4.69) is 21.3 Å². The second-order valence-electron chi connectivity index (χ2n) is 26.3. The zero-order valence-electron chi connectivity index (χ0n) is 56.4. The number of amides is 11. The normalized spacial score (nSPS) is 26.5. The first kappa shape index (κ1) is 78.4. The van der Waals surface area contributed by atoms with Gasteiger partial charge in [-0.05, 0) is 93.8 Å². The zero-order chi connectivity index (χ0) is 67.6. The molecule has 11 amide bonds. The molecule has 1 heterocycles. The van der Waals surface area contributed by atoms with Crippen LogP contribution in [0.15, 0.2) is 12.2 Å². The maximum atomic E-state index is 15.1. The lowest BCUT2D eigenvalue weighted by Crippen LogP contribution is -2.63. The molecule has 1 saturated heterocycles. The molecule has 0 aliphatic carbocycles. The molecule has 1 rings (SSSR count). The molecule has 0 bridgehead atoms. The van der Waals surface area contributed by atoms with Crippen LogP contribution in [-0.2, 0) is 57.5 Å². The van der Waals surface area contributed by atoms with Crippen molar-refractivity contribution in [3.8, 4) is 0 Å². The number of carboxylic acid groups (broad SMARTS) is 1. The summed E-state index contributed by atoms with van der Waals surface area (Å²) in [6.07, 6.45) is 0.834. The van der Waals surface area contributed by atoms with Gasteiger partial charge in [0, 0.05) is 55.4 Å². The van der Waals surface area contributed by atoms with E-state index in [4.69, 9.17) is 0 Å². The average molecular weight is 1230 g/mol. The number of carbonyl (C=O) groups is 12. The highest BCUT2D eigenvalue weighted by Gasteiger charge is 2.46. The number of hydrogen-bond donors (Lipinski definition) is 6. The Bertz CT molecular complexity index is 2430. The minimum atomic E-state index is -1.76. The SMILES string of the molecule is CC[C@@H]1NC(=O)[C@H]([C@H](O)[C@H](C)C/C=C/C(=O)O)N(C)C(=O)[C@@H](C(C)C)N(C)C(=O)[C@H](CC(C)C)N(C)C(=O)[C@H](CC(C)C)N(C)C(=O)[C@@H](C)NC(=O)[C@H](C)NC(=O)[C@H](CC(C)C)N(C)C(=O)[C@H](C(C)C)NC(=O)[C@H](CC(C)C)N(C)C(=O)CN(C)C1=O. The topological polar surface area (TPSA) is 316 Å². The van der Waals surface area contributed by atoms with Gasteiger partial charge < -0.3 is 65.8 Å². The Morgan fingerprint density at radius 3 is 1.34 bits per heavy atom. The van der Waals surface area contributed by atoms with Gasteiger partial charge in [-0.1, -0.05) is 103 Å². The van der Waals surface area contributed by atoms with Gasteiger partial charge in [-0.15, -0.1) is 0 Å². The molecule has 1 aliphatic heterocycles. The maximum absolute atomic E-state index is 15.1. The molecule has 25 heteroatoms. The van der Waals surface area contributed by atoms with Gasteiger partial charge in [0.2, 0.25) is 65.0 Å². The molecule has 1 aliphatic rings. The Hall–Kier alpha value is -6.66. The Morgan fingerprint density at radius 1 is 0.483 bits per heavy atom. The molecular formula is C62H109N11O14. The van der Waals surface area contributed by atoms with Crippen molar-refractivity contribution in [1.82, 2.24) is 55.6 Å². The number of rotatable bonds is 16. The van der Waals surface area contributed by atoms with E-state index in [0.29, 0.717) is 0 Å². The Morgan fingerprint density at radius 2 is 0.897 bits per heavy atom. The quantitative estimate of drug-likeness (QED) is 0.121. The van der Waals surface area contributed by atoms with Gasteiger partial charge in [0.15, 0.2) is 0 Å². The number of nitrogens with zero attached hydrogens (tertiary/aromatic N) is 7. The van der Waals surface area contributed by atoms with Crippen LogP contribution in [0.5, 0.6) is 0 Å². The van der Waals surface area contributed by atoms with Crippen LogP contribution in [0.1, 0.15) is 149 Å². The summed E-state index contributed by atoms with van der Waals surface area (Å²) in [5.74, 6) is -12.0. The van der Waals surface area contributed by atoms with Crippen LogP contribution in [0, 0.1) is 41.4 Å². The highest BCUT2D eigenvalue weighted by Crippen LogP contribution is 2.26. The van der Waals surface area contributed by atoms with Gasteiger partial charge in [0.1, 0.15) is 60.4 Å².